The number of nitrogens with one attached hydrogen (secondary N) is 1. The molecular formula is C33H35N3O13P2. The summed E-state index contributed by atoms with van der Waals surface area (Å²) in [6.07, 6.45) is -4.06. The highest BCUT2D eigenvalue weighted by molar-refractivity contribution is 7.61. The number of carbonyl (C=O) groups excluding carboxylic acids is 2. The molecule has 18 heteroatoms. The monoisotopic (exact) mass is 743 g/mol. The average molecular weight is 744 g/mol. The van der Waals surface area contributed by atoms with E-state index in [1.165, 1.54) is 36.5 Å². The van der Waals surface area contributed by atoms with E-state index in [-0.39, 0.29) is 16.9 Å². The van der Waals surface area contributed by atoms with Crippen LogP contribution in [-0.2, 0) is 43.3 Å². The maximum absolute atomic E-state index is 13.3. The summed E-state index contributed by atoms with van der Waals surface area (Å²) < 4.78 is 58.4. The van der Waals surface area contributed by atoms with E-state index in [9.17, 15) is 33.3 Å². The zero-order valence-corrected chi connectivity index (χ0v) is 28.9. The number of anilines is 1. The summed E-state index contributed by atoms with van der Waals surface area (Å²) >= 11 is 0. The van der Waals surface area contributed by atoms with Gasteiger partial charge in [0.05, 0.1) is 24.3 Å². The van der Waals surface area contributed by atoms with Gasteiger partial charge in [-0.25, -0.2) is 23.5 Å². The van der Waals surface area contributed by atoms with Crippen molar-refractivity contribution in [3.63, 3.8) is 0 Å². The van der Waals surface area contributed by atoms with Crippen LogP contribution in [0.15, 0.2) is 108 Å². The molecule has 5 rings (SSSR count). The molecule has 1 aromatic heterocycles. The van der Waals surface area contributed by atoms with Gasteiger partial charge in [-0.1, -0.05) is 73.7 Å². The highest BCUT2D eigenvalue weighted by Crippen LogP contribution is 2.61. The van der Waals surface area contributed by atoms with Crippen LogP contribution in [0.4, 0.5) is 5.82 Å². The lowest BCUT2D eigenvalue weighted by Crippen LogP contribution is -2.42. The first-order chi connectivity index (χ1) is 24.4. The van der Waals surface area contributed by atoms with E-state index < -0.39 is 71.0 Å². The second kappa shape index (κ2) is 17.1. The molecule has 51 heavy (non-hydrogen) atoms. The fourth-order valence-electron chi connectivity index (χ4n) is 4.90. The Hall–Kier alpha value is -4.50. The first-order valence-electron chi connectivity index (χ1n) is 15.6. The second-order valence-corrected chi connectivity index (χ2v) is 14.1. The summed E-state index contributed by atoms with van der Waals surface area (Å²) in [4.78, 5) is 64.5. The minimum absolute atomic E-state index is 0.104. The molecule has 0 aliphatic carbocycles. The van der Waals surface area contributed by atoms with Crippen LogP contribution in [0.25, 0.3) is 0 Å². The number of hydrogen-bond donors (Lipinski definition) is 3. The van der Waals surface area contributed by atoms with Crippen LogP contribution < -0.4 is 11.0 Å². The van der Waals surface area contributed by atoms with Crippen molar-refractivity contribution in [2.45, 2.75) is 44.5 Å². The number of ether oxygens (including phenoxy) is 3. The number of benzene rings is 3. The molecule has 1 saturated heterocycles. The van der Waals surface area contributed by atoms with Crippen LogP contribution in [0, 0.1) is 0 Å². The van der Waals surface area contributed by atoms with Gasteiger partial charge in [0.25, 0.3) is 0 Å². The molecule has 0 bridgehead atoms. The van der Waals surface area contributed by atoms with Crippen molar-refractivity contribution < 1.29 is 56.1 Å². The Labute approximate surface area is 292 Å². The maximum atomic E-state index is 13.3. The lowest BCUT2D eigenvalue weighted by Gasteiger charge is -2.25. The fourth-order valence-corrected chi connectivity index (χ4v) is 6.97. The van der Waals surface area contributed by atoms with Crippen molar-refractivity contribution in [3.05, 3.63) is 130 Å². The molecule has 270 valence electrons. The number of carbonyl (C=O) groups is 2. The van der Waals surface area contributed by atoms with E-state index >= 15 is 0 Å². The van der Waals surface area contributed by atoms with E-state index in [1.54, 1.807) is 66.7 Å². The number of phosphoric ester groups is 2. The summed E-state index contributed by atoms with van der Waals surface area (Å²) in [6.45, 7) is 1.11. The molecule has 6 atom stereocenters. The van der Waals surface area contributed by atoms with E-state index in [2.05, 4.69) is 14.6 Å². The van der Waals surface area contributed by atoms with E-state index in [0.29, 0.717) is 12.1 Å². The Bertz CT molecular complexity index is 1930. The third-order valence-corrected chi connectivity index (χ3v) is 9.88. The zero-order chi connectivity index (χ0) is 36.4. The van der Waals surface area contributed by atoms with Gasteiger partial charge in [-0.15, -0.1) is 0 Å². The highest BCUT2D eigenvalue weighted by atomic mass is 31.3. The van der Waals surface area contributed by atoms with E-state index in [0.717, 1.165) is 11.0 Å². The number of phosphoric acid groups is 2. The minimum atomic E-state index is -5.38. The summed E-state index contributed by atoms with van der Waals surface area (Å²) in [5.74, 6) is -1.49. The van der Waals surface area contributed by atoms with Crippen molar-refractivity contribution in [1.29, 1.82) is 0 Å². The van der Waals surface area contributed by atoms with Gasteiger partial charge < -0.3 is 29.3 Å². The maximum Gasteiger partial charge on any atom is 0.481 e. The fraction of sp³-hybridized carbons (Fsp3) is 0.273. The molecule has 1 fully saturated rings. The van der Waals surface area contributed by atoms with Crippen LogP contribution >= 0.6 is 15.6 Å². The normalized spacial score (nSPS) is 20.8. The van der Waals surface area contributed by atoms with Gasteiger partial charge in [0.1, 0.15) is 11.9 Å². The predicted octanol–water partition coefficient (Wildman–Crippen LogP) is 4.86. The third kappa shape index (κ3) is 10.5. The Balaban J connectivity index is 1.43. The largest absolute Gasteiger partial charge is 0.481 e. The third-order valence-electron chi connectivity index (χ3n) is 7.30. The highest BCUT2D eigenvalue weighted by Gasteiger charge is 2.52. The number of aromatic nitrogens is 2. The zero-order valence-electron chi connectivity index (χ0n) is 27.1. The van der Waals surface area contributed by atoms with Gasteiger partial charge in [-0.3, -0.25) is 13.6 Å². The Morgan fingerprint density at radius 1 is 0.824 bits per heavy atom. The molecule has 0 saturated carbocycles. The molecule has 3 N–H and O–H groups in total. The SMILES string of the molecule is CCCNc1ccn([C@@H]2O[C@H](COP(=O)(O)OP(=O)(O)OCc3ccccc3)C(OC(=O)c3ccccc3)C2OC(=O)c2ccccc2)c(=O)n1. The quantitative estimate of drug-likeness (QED) is 0.103. The Kier molecular flexibility index (Phi) is 12.7. The topological polar surface area (TPSA) is 211 Å². The van der Waals surface area contributed by atoms with Crippen molar-refractivity contribution in [3.8, 4) is 0 Å². The molecule has 3 aromatic carbocycles. The summed E-state index contributed by atoms with van der Waals surface area (Å²) in [7, 11) is -10.5. The molecule has 4 unspecified atom stereocenters. The van der Waals surface area contributed by atoms with Gasteiger partial charge in [0, 0.05) is 12.7 Å². The molecule has 16 nitrogen and oxygen atoms in total. The minimum Gasteiger partial charge on any atom is -0.452 e. The Morgan fingerprint density at radius 2 is 1.37 bits per heavy atom. The van der Waals surface area contributed by atoms with Crippen LogP contribution in [0.1, 0.15) is 45.9 Å². The first kappa shape index (κ1) is 37.7. The summed E-state index contributed by atoms with van der Waals surface area (Å²) in [5.41, 5.74) is -0.125. The summed E-state index contributed by atoms with van der Waals surface area (Å²) in [5, 5.41) is 2.99. The number of hydrogen-bond acceptors (Lipinski definition) is 13. The lowest BCUT2D eigenvalue weighted by molar-refractivity contribution is -0.0597. The van der Waals surface area contributed by atoms with Crippen molar-refractivity contribution >= 4 is 33.4 Å². The standard InChI is InChI=1S/C33H35N3O13P2/c1-2-19-34-27-18-20-36(33(39)35-27)30-29(48-32(38)25-16-10-5-11-17-25)28(47-31(37)24-14-8-4-9-15-24)26(46-30)22-45-51(42,43)49-50(40,41)44-21-23-12-6-3-7-13-23/h3-18,20,26,28-30H,2,19,21-22H2,1H3,(H,40,41)(H,42,43)(H,34,35,39)/t26-,28?,29?,30-/m1/s1. The van der Waals surface area contributed by atoms with E-state index in [4.69, 9.17) is 23.3 Å². The van der Waals surface area contributed by atoms with Crippen LogP contribution in [-0.4, -0.2) is 62.7 Å². The number of nitrogens with zero attached hydrogens (tertiary/aromatic N) is 2. The van der Waals surface area contributed by atoms with Crippen molar-refractivity contribution in [2.75, 3.05) is 18.5 Å². The van der Waals surface area contributed by atoms with Crippen LogP contribution in [0.3, 0.4) is 0 Å². The molecule has 0 amide bonds. The van der Waals surface area contributed by atoms with Crippen LogP contribution in [0.5, 0.6) is 0 Å². The number of esters is 2. The van der Waals surface area contributed by atoms with Crippen LogP contribution in [0.2, 0.25) is 0 Å². The molecule has 0 spiro atoms. The van der Waals surface area contributed by atoms with Crippen molar-refractivity contribution in [2.24, 2.45) is 0 Å². The molecule has 0 radical (unpaired) electrons. The van der Waals surface area contributed by atoms with E-state index in [1.807, 2.05) is 6.92 Å². The molecule has 2 heterocycles. The van der Waals surface area contributed by atoms with Crippen molar-refractivity contribution in [1.82, 2.24) is 9.55 Å². The second-order valence-electron chi connectivity index (χ2n) is 11.0. The molecule has 1 aliphatic heterocycles. The van der Waals surface area contributed by atoms with Gasteiger partial charge >= 0.3 is 33.3 Å². The average Bonchev–Trinajstić information content (AvgIpc) is 3.45. The smallest absolute Gasteiger partial charge is 0.452 e. The predicted molar refractivity (Wildman–Crippen MR) is 180 cm³/mol. The molecule has 4 aromatic rings. The Morgan fingerprint density at radius 3 is 1.94 bits per heavy atom. The van der Waals surface area contributed by atoms with Gasteiger partial charge in [0.2, 0.25) is 0 Å². The van der Waals surface area contributed by atoms with Gasteiger partial charge in [-0.2, -0.15) is 9.29 Å². The van der Waals surface area contributed by atoms with Gasteiger partial charge in [0.15, 0.2) is 18.4 Å². The summed E-state index contributed by atoms with van der Waals surface area (Å²) in [6, 6.07) is 25.3. The number of rotatable bonds is 16. The lowest BCUT2D eigenvalue weighted by atomic mass is 10.1. The first-order valence-corrected chi connectivity index (χ1v) is 18.6. The molecule has 1 aliphatic rings. The van der Waals surface area contributed by atoms with Gasteiger partial charge in [-0.05, 0) is 42.3 Å². The molecular weight excluding hydrogens is 708 g/mol.